The van der Waals surface area contributed by atoms with E-state index in [1.54, 1.807) is 0 Å². The Balaban J connectivity index is 1.74. The Bertz CT molecular complexity index is 231. The normalized spacial score (nSPS) is 30.5. The molecule has 3 nitrogen and oxygen atoms in total. The van der Waals surface area contributed by atoms with Crippen LogP contribution in [0, 0.1) is 11.8 Å². The van der Waals surface area contributed by atoms with Crippen LogP contribution in [0.2, 0.25) is 0 Å². The highest BCUT2D eigenvalue weighted by atomic mass is 35.5. The number of alkyl halides is 1. The zero-order valence-electron chi connectivity index (χ0n) is 8.88. The average molecular weight is 232 g/mol. The monoisotopic (exact) mass is 231 g/mol. The van der Waals surface area contributed by atoms with Gasteiger partial charge in [0, 0.05) is 18.2 Å². The molecule has 0 spiro atoms. The van der Waals surface area contributed by atoms with Gasteiger partial charge in [0.05, 0.1) is 19.3 Å². The van der Waals surface area contributed by atoms with Crippen molar-refractivity contribution in [2.45, 2.75) is 31.7 Å². The largest absolute Gasteiger partial charge is 0.379 e. The molecule has 1 heterocycles. The molecule has 15 heavy (non-hydrogen) atoms. The summed E-state index contributed by atoms with van der Waals surface area (Å²) in [6.45, 7) is 1.51. The molecule has 1 saturated heterocycles. The van der Waals surface area contributed by atoms with Crippen LogP contribution in [0.15, 0.2) is 0 Å². The molecule has 1 aliphatic carbocycles. The SMILES string of the molecule is O=C(CCCCl)NC1COCC1C1CC1. The van der Waals surface area contributed by atoms with Gasteiger partial charge in [0.15, 0.2) is 0 Å². The van der Waals surface area contributed by atoms with Crippen molar-refractivity contribution in [1.82, 2.24) is 5.32 Å². The molecule has 1 saturated carbocycles. The van der Waals surface area contributed by atoms with Gasteiger partial charge in [0.25, 0.3) is 0 Å². The van der Waals surface area contributed by atoms with Crippen molar-refractivity contribution in [3.05, 3.63) is 0 Å². The molecule has 0 aromatic heterocycles. The van der Waals surface area contributed by atoms with Crippen LogP contribution in [0.3, 0.4) is 0 Å². The molecule has 0 radical (unpaired) electrons. The van der Waals surface area contributed by atoms with Crippen LogP contribution in [0.4, 0.5) is 0 Å². The van der Waals surface area contributed by atoms with Crippen molar-refractivity contribution < 1.29 is 9.53 Å². The van der Waals surface area contributed by atoms with E-state index in [9.17, 15) is 4.79 Å². The highest BCUT2D eigenvalue weighted by molar-refractivity contribution is 6.17. The van der Waals surface area contributed by atoms with Gasteiger partial charge in [0.1, 0.15) is 0 Å². The molecule has 2 unspecified atom stereocenters. The van der Waals surface area contributed by atoms with Gasteiger partial charge in [0.2, 0.25) is 5.91 Å². The third-order valence-corrected chi connectivity index (χ3v) is 3.50. The highest BCUT2D eigenvalue weighted by Crippen LogP contribution is 2.40. The van der Waals surface area contributed by atoms with Crippen molar-refractivity contribution in [3.63, 3.8) is 0 Å². The number of hydrogen-bond acceptors (Lipinski definition) is 2. The predicted molar refractivity (Wildman–Crippen MR) is 58.9 cm³/mol. The maximum Gasteiger partial charge on any atom is 0.220 e. The molecule has 0 aromatic rings. The second-order valence-electron chi connectivity index (χ2n) is 4.51. The molecule has 2 fully saturated rings. The standard InChI is InChI=1S/C11H18ClNO2/c12-5-1-2-11(14)13-10-7-15-6-9(10)8-3-4-8/h8-10H,1-7H2,(H,13,14). The number of carbonyl (C=O) groups is 1. The molecule has 2 rings (SSSR count). The van der Waals surface area contributed by atoms with Crippen molar-refractivity contribution >= 4 is 17.5 Å². The number of nitrogens with one attached hydrogen (secondary N) is 1. The number of halogens is 1. The lowest BCUT2D eigenvalue weighted by atomic mass is 9.98. The fourth-order valence-electron chi connectivity index (χ4n) is 2.21. The van der Waals surface area contributed by atoms with Crippen molar-refractivity contribution in [2.24, 2.45) is 11.8 Å². The van der Waals surface area contributed by atoms with E-state index in [4.69, 9.17) is 16.3 Å². The van der Waals surface area contributed by atoms with Crippen LogP contribution in [-0.4, -0.2) is 31.0 Å². The van der Waals surface area contributed by atoms with Gasteiger partial charge in [-0.1, -0.05) is 0 Å². The van der Waals surface area contributed by atoms with E-state index in [2.05, 4.69) is 5.32 Å². The molecule has 86 valence electrons. The number of hydrogen-bond donors (Lipinski definition) is 1. The minimum absolute atomic E-state index is 0.122. The molecule has 0 aromatic carbocycles. The van der Waals surface area contributed by atoms with Gasteiger partial charge in [-0.3, -0.25) is 4.79 Å². The van der Waals surface area contributed by atoms with E-state index in [0.29, 0.717) is 24.8 Å². The summed E-state index contributed by atoms with van der Waals surface area (Å²) >= 11 is 5.55. The van der Waals surface area contributed by atoms with Gasteiger partial charge < -0.3 is 10.1 Å². The lowest BCUT2D eigenvalue weighted by Gasteiger charge is -2.18. The predicted octanol–water partition coefficient (Wildman–Crippen LogP) is 1.55. The van der Waals surface area contributed by atoms with Crippen LogP contribution in [0.5, 0.6) is 0 Å². The van der Waals surface area contributed by atoms with E-state index < -0.39 is 0 Å². The fraction of sp³-hybridized carbons (Fsp3) is 0.909. The number of amides is 1. The molecule has 1 amide bonds. The Morgan fingerprint density at radius 1 is 1.40 bits per heavy atom. The van der Waals surface area contributed by atoms with Gasteiger partial charge in [-0.05, 0) is 25.2 Å². The van der Waals surface area contributed by atoms with Crippen LogP contribution < -0.4 is 5.32 Å². The van der Waals surface area contributed by atoms with Crippen molar-refractivity contribution in [1.29, 1.82) is 0 Å². The topological polar surface area (TPSA) is 38.3 Å². The minimum atomic E-state index is 0.122. The van der Waals surface area contributed by atoms with Gasteiger partial charge >= 0.3 is 0 Å². The summed E-state index contributed by atoms with van der Waals surface area (Å²) in [5.41, 5.74) is 0. The summed E-state index contributed by atoms with van der Waals surface area (Å²) in [6.07, 6.45) is 3.91. The number of ether oxygens (including phenoxy) is 1. The molecule has 2 aliphatic rings. The quantitative estimate of drug-likeness (QED) is 0.730. The molecule has 0 bridgehead atoms. The average Bonchev–Trinajstić information content (AvgIpc) is 2.97. The Hall–Kier alpha value is -0.280. The zero-order chi connectivity index (χ0) is 10.7. The van der Waals surface area contributed by atoms with Crippen LogP contribution in [0.25, 0.3) is 0 Å². The third kappa shape index (κ3) is 3.08. The first kappa shape index (κ1) is 11.2. The van der Waals surface area contributed by atoms with Crippen LogP contribution in [0.1, 0.15) is 25.7 Å². The summed E-state index contributed by atoms with van der Waals surface area (Å²) < 4.78 is 5.44. The van der Waals surface area contributed by atoms with E-state index >= 15 is 0 Å². The summed E-state index contributed by atoms with van der Waals surface area (Å²) in [7, 11) is 0. The third-order valence-electron chi connectivity index (χ3n) is 3.24. The first-order valence-electron chi connectivity index (χ1n) is 5.74. The molecular weight excluding hydrogens is 214 g/mol. The second-order valence-corrected chi connectivity index (χ2v) is 4.88. The zero-order valence-corrected chi connectivity index (χ0v) is 9.63. The van der Waals surface area contributed by atoms with Gasteiger partial charge in [-0.25, -0.2) is 0 Å². The Morgan fingerprint density at radius 2 is 2.20 bits per heavy atom. The maximum atomic E-state index is 11.5. The summed E-state index contributed by atoms with van der Waals surface area (Å²) in [6, 6.07) is 0.250. The van der Waals surface area contributed by atoms with Crippen molar-refractivity contribution in [2.75, 3.05) is 19.1 Å². The van der Waals surface area contributed by atoms with Crippen LogP contribution in [-0.2, 0) is 9.53 Å². The van der Waals surface area contributed by atoms with Crippen molar-refractivity contribution in [3.8, 4) is 0 Å². The Kier molecular flexibility index (Phi) is 3.87. The minimum Gasteiger partial charge on any atom is -0.379 e. The molecule has 4 heteroatoms. The van der Waals surface area contributed by atoms with Crippen LogP contribution >= 0.6 is 11.6 Å². The van der Waals surface area contributed by atoms with E-state index in [1.807, 2.05) is 0 Å². The fourth-order valence-corrected chi connectivity index (χ4v) is 2.35. The summed E-state index contributed by atoms with van der Waals surface area (Å²) in [5.74, 6) is 2.04. The van der Waals surface area contributed by atoms with E-state index in [0.717, 1.165) is 18.9 Å². The number of carbonyl (C=O) groups excluding carboxylic acids is 1. The van der Waals surface area contributed by atoms with Gasteiger partial charge in [-0.15, -0.1) is 11.6 Å². The molecular formula is C11H18ClNO2. The maximum absolute atomic E-state index is 11.5. The number of rotatable bonds is 5. The Morgan fingerprint density at radius 3 is 2.87 bits per heavy atom. The summed E-state index contributed by atoms with van der Waals surface area (Å²) in [4.78, 5) is 11.5. The highest BCUT2D eigenvalue weighted by Gasteiger charge is 2.40. The Labute approximate surface area is 95.5 Å². The first-order chi connectivity index (χ1) is 7.31. The second kappa shape index (κ2) is 5.17. The lowest BCUT2D eigenvalue weighted by molar-refractivity contribution is -0.122. The smallest absolute Gasteiger partial charge is 0.220 e. The first-order valence-corrected chi connectivity index (χ1v) is 6.28. The summed E-state index contributed by atoms with van der Waals surface area (Å²) in [5, 5.41) is 3.06. The molecule has 1 aliphatic heterocycles. The molecule has 2 atom stereocenters. The molecule has 1 N–H and O–H groups in total. The van der Waals surface area contributed by atoms with E-state index in [1.165, 1.54) is 12.8 Å². The van der Waals surface area contributed by atoms with Gasteiger partial charge in [-0.2, -0.15) is 0 Å². The lowest BCUT2D eigenvalue weighted by Crippen LogP contribution is -2.40. The van der Waals surface area contributed by atoms with E-state index in [-0.39, 0.29) is 11.9 Å².